The Morgan fingerprint density at radius 1 is 0.658 bits per heavy atom. The standard InChI is InChI=1S/C25H45N3O10/c1-2-36-19-22(30)28-20(17-24(33)34)25(35)27-13-14-37-15-16-38-18-21(29)26-12-10-8-6-4-3-5-7-9-11-23(31)32/h20H,2-19H2,1H3,(H,26,29)(H,27,35)(H,28,30)(H,31,32)(H,33,34)/t20-/m0/s1. The van der Waals surface area contributed by atoms with Crippen LogP contribution in [0, 0.1) is 0 Å². The lowest BCUT2D eigenvalue weighted by Gasteiger charge is -2.17. The molecule has 0 saturated heterocycles. The zero-order valence-corrected chi connectivity index (χ0v) is 22.5. The normalized spacial score (nSPS) is 11.5. The summed E-state index contributed by atoms with van der Waals surface area (Å²) in [6, 6.07) is -1.22. The van der Waals surface area contributed by atoms with E-state index in [9.17, 15) is 24.0 Å². The first-order chi connectivity index (χ1) is 18.3. The Morgan fingerprint density at radius 3 is 1.89 bits per heavy atom. The summed E-state index contributed by atoms with van der Waals surface area (Å²) < 4.78 is 15.5. The van der Waals surface area contributed by atoms with E-state index in [0.29, 0.717) is 13.2 Å². The Hall–Kier alpha value is -2.77. The molecular weight excluding hydrogens is 502 g/mol. The lowest BCUT2D eigenvalue weighted by atomic mass is 10.1. The summed E-state index contributed by atoms with van der Waals surface area (Å²) in [5.41, 5.74) is 0. The zero-order valence-electron chi connectivity index (χ0n) is 22.5. The smallest absolute Gasteiger partial charge is 0.305 e. The highest BCUT2D eigenvalue weighted by atomic mass is 16.5. The van der Waals surface area contributed by atoms with E-state index in [1.807, 2.05) is 0 Å². The fourth-order valence-electron chi connectivity index (χ4n) is 3.31. The molecule has 220 valence electrons. The van der Waals surface area contributed by atoms with E-state index in [2.05, 4.69) is 16.0 Å². The van der Waals surface area contributed by atoms with Gasteiger partial charge >= 0.3 is 11.9 Å². The zero-order chi connectivity index (χ0) is 28.4. The third kappa shape index (κ3) is 23.6. The molecular formula is C25H45N3O10. The molecule has 1 atom stereocenters. The first-order valence-electron chi connectivity index (χ1n) is 13.3. The van der Waals surface area contributed by atoms with E-state index in [1.165, 1.54) is 0 Å². The van der Waals surface area contributed by atoms with Crippen molar-refractivity contribution in [1.82, 2.24) is 16.0 Å². The van der Waals surface area contributed by atoms with Crippen molar-refractivity contribution >= 4 is 29.7 Å². The van der Waals surface area contributed by atoms with E-state index in [-0.39, 0.29) is 51.9 Å². The highest BCUT2D eigenvalue weighted by Gasteiger charge is 2.23. The van der Waals surface area contributed by atoms with Crippen molar-refractivity contribution in [1.29, 1.82) is 0 Å². The second-order valence-electron chi connectivity index (χ2n) is 8.63. The van der Waals surface area contributed by atoms with E-state index in [4.69, 9.17) is 24.4 Å². The summed E-state index contributed by atoms with van der Waals surface area (Å²) >= 11 is 0. The van der Waals surface area contributed by atoms with Gasteiger partial charge in [0.2, 0.25) is 17.7 Å². The first-order valence-corrected chi connectivity index (χ1v) is 13.3. The Morgan fingerprint density at radius 2 is 1.26 bits per heavy atom. The largest absolute Gasteiger partial charge is 0.481 e. The molecule has 5 N–H and O–H groups in total. The molecule has 0 fully saturated rings. The summed E-state index contributed by atoms with van der Waals surface area (Å²) in [6.07, 6.45) is 7.66. The number of ether oxygens (including phenoxy) is 3. The average Bonchev–Trinajstić information content (AvgIpc) is 2.86. The summed E-state index contributed by atoms with van der Waals surface area (Å²) in [5.74, 6) is -3.38. The maximum absolute atomic E-state index is 12.2. The number of hydrogen-bond acceptors (Lipinski definition) is 8. The molecule has 0 aliphatic heterocycles. The second kappa shape index (κ2) is 24.6. The first kappa shape index (κ1) is 35.2. The average molecular weight is 548 g/mol. The summed E-state index contributed by atoms with van der Waals surface area (Å²) in [4.78, 5) is 57.0. The fraction of sp³-hybridized carbons (Fsp3) is 0.800. The molecule has 0 aromatic rings. The van der Waals surface area contributed by atoms with Crippen molar-refractivity contribution in [3.63, 3.8) is 0 Å². The van der Waals surface area contributed by atoms with Crippen molar-refractivity contribution < 1.29 is 48.4 Å². The van der Waals surface area contributed by atoms with E-state index < -0.39 is 36.2 Å². The number of carbonyl (C=O) groups excluding carboxylic acids is 3. The highest BCUT2D eigenvalue weighted by molar-refractivity contribution is 5.90. The van der Waals surface area contributed by atoms with Gasteiger partial charge in [-0.05, 0) is 19.8 Å². The third-order valence-corrected chi connectivity index (χ3v) is 5.26. The van der Waals surface area contributed by atoms with Crippen LogP contribution < -0.4 is 16.0 Å². The van der Waals surface area contributed by atoms with Gasteiger partial charge in [0.1, 0.15) is 19.3 Å². The van der Waals surface area contributed by atoms with Crippen LogP contribution in [0.2, 0.25) is 0 Å². The molecule has 0 heterocycles. The number of aliphatic carboxylic acids is 2. The Labute approximate surface area is 224 Å². The number of rotatable bonds is 26. The Kier molecular flexibility index (Phi) is 22.8. The van der Waals surface area contributed by atoms with Crippen molar-refractivity contribution in [2.75, 3.05) is 52.7 Å². The molecule has 0 aromatic heterocycles. The fourth-order valence-corrected chi connectivity index (χ4v) is 3.31. The van der Waals surface area contributed by atoms with Gasteiger partial charge in [-0.2, -0.15) is 0 Å². The predicted molar refractivity (Wildman–Crippen MR) is 138 cm³/mol. The Bertz CT molecular complexity index is 690. The molecule has 0 rings (SSSR count). The highest BCUT2D eigenvalue weighted by Crippen LogP contribution is 2.09. The molecule has 0 aliphatic rings. The SMILES string of the molecule is CCOCC(=O)N[C@@H](CC(=O)O)C(=O)NCCOCCOCC(=O)NCCCCCCCCCCC(=O)O. The molecule has 0 saturated carbocycles. The lowest BCUT2D eigenvalue weighted by Crippen LogP contribution is -2.49. The van der Waals surface area contributed by atoms with E-state index in [1.54, 1.807) is 6.92 Å². The molecule has 0 radical (unpaired) electrons. The molecule has 0 aliphatic carbocycles. The monoisotopic (exact) mass is 547 g/mol. The van der Waals surface area contributed by atoms with Crippen LogP contribution in [0.1, 0.15) is 71.1 Å². The van der Waals surface area contributed by atoms with Crippen LogP contribution in [0.25, 0.3) is 0 Å². The maximum atomic E-state index is 12.2. The number of nitrogens with one attached hydrogen (secondary N) is 3. The summed E-state index contributed by atoms with van der Waals surface area (Å²) in [7, 11) is 0. The summed E-state index contributed by atoms with van der Waals surface area (Å²) in [6.45, 7) is 2.94. The maximum Gasteiger partial charge on any atom is 0.305 e. The number of amides is 3. The van der Waals surface area contributed by atoms with Gasteiger partial charge in [0, 0.05) is 26.1 Å². The van der Waals surface area contributed by atoms with Gasteiger partial charge in [-0.3, -0.25) is 24.0 Å². The number of carbonyl (C=O) groups is 5. The molecule has 38 heavy (non-hydrogen) atoms. The Balaban J connectivity index is 3.66. The quantitative estimate of drug-likeness (QED) is 0.0970. The van der Waals surface area contributed by atoms with E-state index >= 15 is 0 Å². The van der Waals surface area contributed by atoms with Gasteiger partial charge < -0.3 is 40.4 Å². The molecule has 0 bridgehead atoms. The van der Waals surface area contributed by atoms with Gasteiger partial charge in [-0.25, -0.2) is 0 Å². The van der Waals surface area contributed by atoms with Gasteiger partial charge in [-0.1, -0.05) is 38.5 Å². The van der Waals surface area contributed by atoms with Gasteiger partial charge in [0.05, 0.1) is 26.2 Å². The van der Waals surface area contributed by atoms with Crippen molar-refractivity contribution in [3.05, 3.63) is 0 Å². The molecule has 0 aromatic carbocycles. The van der Waals surface area contributed by atoms with Crippen molar-refractivity contribution in [2.24, 2.45) is 0 Å². The number of unbranched alkanes of at least 4 members (excludes halogenated alkanes) is 7. The molecule has 13 heteroatoms. The van der Waals surface area contributed by atoms with Crippen LogP contribution in [0.4, 0.5) is 0 Å². The predicted octanol–water partition coefficient (Wildman–Crippen LogP) is 0.844. The third-order valence-electron chi connectivity index (χ3n) is 5.26. The van der Waals surface area contributed by atoms with Crippen LogP contribution in [-0.2, 0) is 38.2 Å². The van der Waals surface area contributed by atoms with Gasteiger partial charge in [-0.15, -0.1) is 0 Å². The van der Waals surface area contributed by atoms with Crippen LogP contribution in [0.15, 0.2) is 0 Å². The second-order valence-corrected chi connectivity index (χ2v) is 8.63. The van der Waals surface area contributed by atoms with Crippen molar-refractivity contribution in [3.8, 4) is 0 Å². The topological polar surface area (TPSA) is 190 Å². The minimum Gasteiger partial charge on any atom is -0.481 e. The molecule has 13 nitrogen and oxygen atoms in total. The molecule has 0 unspecified atom stereocenters. The van der Waals surface area contributed by atoms with Crippen LogP contribution >= 0.6 is 0 Å². The van der Waals surface area contributed by atoms with Crippen LogP contribution in [0.3, 0.4) is 0 Å². The minimum atomic E-state index is -1.22. The molecule has 0 spiro atoms. The van der Waals surface area contributed by atoms with Gasteiger partial charge in [0.15, 0.2) is 0 Å². The molecule has 3 amide bonds. The van der Waals surface area contributed by atoms with Crippen LogP contribution in [-0.4, -0.2) is 98.6 Å². The number of carboxylic acids is 2. The van der Waals surface area contributed by atoms with Crippen LogP contribution in [0.5, 0.6) is 0 Å². The lowest BCUT2D eigenvalue weighted by molar-refractivity contribution is -0.141. The van der Waals surface area contributed by atoms with Crippen molar-refractivity contribution in [2.45, 2.75) is 77.2 Å². The summed E-state index contributed by atoms with van der Waals surface area (Å²) in [5, 5.41) is 25.2. The van der Waals surface area contributed by atoms with E-state index in [0.717, 1.165) is 51.4 Å². The van der Waals surface area contributed by atoms with Gasteiger partial charge in [0.25, 0.3) is 0 Å². The number of hydrogen-bond donors (Lipinski definition) is 5. The minimum absolute atomic E-state index is 0.0747. The number of carboxylic acid groups (broad SMARTS) is 2.